The summed E-state index contributed by atoms with van der Waals surface area (Å²) in [7, 11) is 1.50. The Morgan fingerprint density at radius 1 is 1.08 bits per heavy atom. The molecule has 0 fully saturated rings. The summed E-state index contributed by atoms with van der Waals surface area (Å²) in [4.78, 5) is 16.0. The molecule has 4 rings (SSSR count). The molecule has 0 radical (unpaired) electrons. The van der Waals surface area contributed by atoms with Crippen molar-refractivity contribution in [2.24, 2.45) is 0 Å². The fourth-order valence-corrected chi connectivity index (χ4v) is 2.65. The number of nitrogens with zero attached hydrogens (tertiary/aromatic N) is 1. The van der Waals surface area contributed by atoms with E-state index in [1.165, 1.54) is 19.2 Å². The quantitative estimate of drug-likeness (QED) is 0.567. The summed E-state index contributed by atoms with van der Waals surface area (Å²) >= 11 is 0. The number of fused-ring (bicyclic) bond motifs is 2. The van der Waals surface area contributed by atoms with Gasteiger partial charge in [0.05, 0.1) is 7.11 Å². The Morgan fingerprint density at radius 2 is 1.96 bits per heavy atom. The van der Waals surface area contributed by atoms with Crippen LogP contribution in [0.15, 0.2) is 63.8 Å². The maximum Gasteiger partial charge on any atom is 0.182 e. The lowest BCUT2D eigenvalue weighted by atomic mass is 10.2. The largest absolute Gasteiger partial charge is 0.504 e. The van der Waals surface area contributed by atoms with Gasteiger partial charge in [-0.25, -0.2) is 4.98 Å². The molecule has 0 unspecified atom stereocenters. The number of phenolic OH excluding ortho intramolecular Hbond substituents is 1. The fraction of sp³-hybridized carbons (Fsp3) is 0.100. The van der Waals surface area contributed by atoms with Gasteiger partial charge in [-0.3, -0.25) is 4.79 Å². The molecule has 130 valence electrons. The minimum absolute atomic E-state index is 0.0800. The molecular weight excluding hydrogens is 334 g/mol. The van der Waals surface area contributed by atoms with Gasteiger partial charge < -0.3 is 19.0 Å². The molecule has 0 aromatic heterocycles. The van der Waals surface area contributed by atoms with Crippen molar-refractivity contribution in [3.63, 3.8) is 0 Å². The van der Waals surface area contributed by atoms with Crippen LogP contribution in [0, 0.1) is 0 Å². The molecule has 0 atom stereocenters. The Labute approximate surface area is 148 Å². The molecule has 2 aromatic rings. The van der Waals surface area contributed by atoms with Crippen molar-refractivity contribution in [2.45, 2.75) is 6.61 Å². The second-order valence-corrected chi connectivity index (χ2v) is 5.77. The van der Waals surface area contributed by atoms with Gasteiger partial charge in [-0.2, -0.15) is 0 Å². The van der Waals surface area contributed by atoms with E-state index in [1.807, 2.05) is 0 Å². The van der Waals surface area contributed by atoms with Crippen molar-refractivity contribution in [3.05, 3.63) is 70.4 Å². The number of phenols is 1. The predicted octanol–water partition coefficient (Wildman–Crippen LogP) is 3.59. The van der Waals surface area contributed by atoms with Gasteiger partial charge in [-0.1, -0.05) is 6.07 Å². The summed E-state index contributed by atoms with van der Waals surface area (Å²) in [6, 6.07) is 14.9. The Balaban J connectivity index is 1.62. The second-order valence-electron chi connectivity index (χ2n) is 5.77. The van der Waals surface area contributed by atoms with Crippen LogP contribution in [0.4, 0.5) is 0 Å². The summed E-state index contributed by atoms with van der Waals surface area (Å²) in [6.45, 7) is 0.299. The fourth-order valence-electron chi connectivity index (χ4n) is 2.65. The first-order chi connectivity index (χ1) is 12.6. The highest BCUT2D eigenvalue weighted by Gasteiger charge is 2.10. The van der Waals surface area contributed by atoms with Crippen LogP contribution in [0.1, 0.15) is 5.56 Å². The molecule has 0 amide bonds. The summed E-state index contributed by atoms with van der Waals surface area (Å²) in [5.74, 6) is 1.51. The summed E-state index contributed by atoms with van der Waals surface area (Å²) in [6.07, 6.45) is 0. The molecule has 0 bridgehead atoms. The van der Waals surface area contributed by atoms with E-state index >= 15 is 0 Å². The molecule has 0 spiro atoms. The zero-order valence-corrected chi connectivity index (χ0v) is 13.9. The zero-order valence-electron chi connectivity index (χ0n) is 13.9. The highest BCUT2D eigenvalue weighted by molar-refractivity contribution is 5.77. The number of rotatable bonds is 4. The number of hydrogen-bond acceptors (Lipinski definition) is 6. The van der Waals surface area contributed by atoms with Gasteiger partial charge in [-0.15, -0.1) is 0 Å². The maximum atomic E-state index is 11.5. The molecule has 2 aliphatic rings. The molecule has 1 heterocycles. The maximum absolute atomic E-state index is 11.5. The van der Waals surface area contributed by atoms with E-state index in [2.05, 4.69) is 4.98 Å². The Morgan fingerprint density at radius 3 is 2.81 bits per heavy atom. The van der Waals surface area contributed by atoms with Crippen molar-refractivity contribution in [2.75, 3.05) is 7.11 Å². The number of aromatic hydroxyl groups is 1. The van der Waals surface area contributed by atoms with Crippen LogP contribution in [0.3, 0.4) is 0 Å². The number of aromatic nitrogens is 1. The minimum atomic E-state index is -0.129. The van der Waals surface area contributed by atoms with Crippen LogP contribution < -0.4 is 14.9 Å². The van der Waals surface area contributed by atoms with Crippen molar-refractivity contribution >= 4 is 11.1 Å². The third-order valence-electron chi connectivity index (χ3n) is 3.97. The number of methoxy groups -OCH3 is 1. The molecule has 26 heavy (non-hydrogen) atoms. The lowest BCUT2D eigenvalue weighted by Crippen LogP contribution is -2.00. The molecule has 1 N–H and O–H groups in total. The Bertz CT molecular complexity index is 1120. The van der Waals surface area contributed by atoms with Gasteiger partial charge in [0.25, 0.3) is 0 Å². The molecule has 0 saturated carbocycles. The van der Waals surface area contributed by atoms with Gasteiger partial charge in [0.15, 0.2) is 28.3 Å². The highest BCUT2D eigenvalue weighted by Crippen LogP contribution is 2.28. The average Bonchev–Trinajstić information content (AvgIpc) is 2.65. The number of benzene rings is 3. The topological polar surface area (TPSA) is 81.8 Å². The Hall–Kier alpha value is -3.54. The van der Waals surface area contributed by atoms with Gasteiger partial charge in [0.1, 0.15) is 23.6 Å². The molecule has 6 nitrogen and oxygen atoms in total. The average molecular weight is 349 g/mol. The zero-order chi connectivity index (χ0) is 18.1. The van der Waals surface area contributed by atoms with Crippen LogP contribution >= 0.6 is 0 Å². The molecule has 1 aliphatic heterocycles. The SMILES string of the molecule is COc1cc(COc2ccc3nc4ccc(=O)cc-4oc3c2)ccc1O. The highest BCUT2D eigenvalue weighted by atomic mass is 16.5. The molecule has 6 heteroatoms. The summed E-state index contributed by atoms with van der Waals surface area (Å²) in [5, 5.41) is 9.64. The van der Waals surface area contributed by atoms with E-state index in [9.17, 15) is 9.90 Å². The van der Waals surface area contributed by atoms with Gasteiger partial charge in [-0.05, 0) is 42.0 Å². The first-order valence-electron chi connectivity index (χ1n) is 7.96. The van der Waals surface area contributed by atoms with Gasteiger partial charge >= 0.3 is 0 Å². The number of ether oxygens (including phenoxy) is 2. The number of hydrogen-bond donors (Lipinski definition) is 1. The van der Waals surface area contributed by atoms with E-state index in [0.717, 1.165) is 5.56 Å². The Kier molecular flexibility index (Phi) is 3.93. The standard InChI is InChI=1S/C20H15NO5/c1-24-20-8-12(2-7-17(20)23)11-25-14-4-6-16-19(10-14)26-18-9-13(22)3-5-15(18)21-16/h2-10,23H,11H2,1H3. The van der Waals surface area contributed by atoms with Crippen molar-refractivity contribution < 1.29 is 19.0 Å². The third kappa shape index (κ3) is 3.04. The molecular formula is C20H15NO5. The molecule has 0 saturated heterocycles. The molecule has 1 aliphatic carbocycles. The van der Waals surface area contributed by atoms with Crippen LogP contribution in [0.2, 0.25) is 0 Å². The first kappa shape index (κ1) is 16.0. The van der Waals surface area contributed by atoms with Gasteiger partial charge in [0.2, 0.25) is 0 Å². The smallest absolute Gasteiger partial charge is 0.182 e. The monoisotopic (exact) mass is 349 g/mol. The van der Waals surface area contributed by atoms with Crippen LogP contribution in [-0.2, 0) is 6.61 Å². The van der Waals surface area contributed by atoms with Crippen molar-refractivity contribution in [3.8, 4) is 28.7 Å². The molecule has 2 aromatic carbocycles. The summed E-state index contributed by atoms with van der Waals surface area (Å²) < 4.78 is 16.7. The predicted molar refractivity (Wildman–Crippen MR) is 95.9 cm³/mol. The van der Waals surface area contributed by atoms with Crippen LogP contribution in [0.25, 0.3) is 22.6 Å². The van der Waals surface area contributed by atoms with Crippen LogP contribution in [0.5, 0.6) is 17.2 Å². The van der Waals surface area contributed by atoms with E-state index < -0.39 is 0 Å². The lowest BCUT2D eigenvalue weighted by molar-refractivity contribution is 0.304. The second kappa shape index (κ2) is 6.40. The normalized spacial score (nSPS) is 11.0. The van der Waals surface area contributed by atoms with Crippen molar-refractivity contribution in [1.82, 2.24) is 4.98 Å². The first-order valence-corrected chi connectivity index (χ1v) is 7.96. The van der Waals surface area contributed by atoms with E-state index in [0.29, 0.717) is 40.7 Å². The van der Waals surface area contributed by atoms with Crippen molar-refractivity contribution in [1.29, 1.82) is 0 Å². The van der Waals surface area contributed by atoms with Gasteiger partial charge in [0, 0.05) is 12.1 Å². The van der Waals surface area contributed by atoms with E-state index in [4.69, 9.17) is 13.9 Å². The van der Waals surface area contributed by atoms with E-state index in [-0.39, 0.29) is 11.2 Å². The third-order valence-corrected chi connectivity index (χ3v) is 3.97. The minimum Gasteiger partial charge on any atom is -0.504 e. The van der Waals surface area contributed by atoms with E-state index in [1.54, 1.807) is 42.5 Å². The van der Waals surface area contributed by atoms with Crippen LogP contribution in [-0.4, -0.2) is 17.2 Å². The lowest BCUT2D eigenvalue weighted by Gasteiger charge is -2.10. The summed E-state index contributed by atoms with van der Waals surface area (Å²) in [5.41, 5.74) is 2.56.